The molecule has 0 saturated carbocycles. The zero-order chi connectivity index (χ0) is 14.5. The molecule has 0 spiro atoms. The first kappa shape index (κ1) is 13.3. The van der Waals surface area contributed by atoms with Crippen molar-refractivity contribution in [3.8, 4) is 0 Å². The van der Waals surface area contributed by atoms with Gasteiger partial charge in [0.05, 0.1) is 18.3 Å². The third-order valence-electron chi connectivity index (χ3n) is 3.92. The van der Waals surface area contributed by atoms with Gasteiger partial charge in [-0.1, -0.05) is 12.1 Å². The molecule has 2 saturated heterocycles. The summed E-state index contributed by atoms with van der Waals surface area (Å²) in [6.45, 7) is 0.257. The number of hydrogen-bond donors (Lipinski definition) is 1. The van der Waals surface area contributed by atoms with Gasteiger partial charge < -0.3 is 14.9 Å². The number of nitrogens with zero attached hydrogens (tertiary/aromatic N) is 2. The number of carboxylic acid groups (broad SMARTS) is 1. The minimum absolute atomic E-state index is 0.0154. The van der Waals surface area contributed by atoms with Crippen LogP contribution >= 0.6 is 11.8 Å². The molecule has 0 bridgehead atoms. The number of carbonyl (C=O) groups is 2. The standard InChI is InChI=1S/C14H16N2O3S/c1-15(2)10-5-3-4-9(6-10)14(13(18)19)8-16-11(17)7-12(16)20-14/h3-6,12H,7-8H2,1-2H3,(H,18,19)/t12-,14?/m1/s1. The zero-order valence-corrected chi connectivity index (χ0v) is 12.2. The number of aliphatic carboxylic acids is 1. The summed E-state index contributed by atoms with van der Waals surface area (Å²) in [5.74, 6) is -0.824. The molecule has 6 heteroatoms. The van der Waals surface area contributed by atoms with Crippen molar-refractivity contribution < 1.29 is 14.7 Å². The van der Waals surface area contributed by atoms with Gasteiger partial charge in [0.2, 0.25) is 5.91 Å². The Bertz CT molecular complexity index is 590. The number of benzene rings is 1. The van der Waals surface area contributed by atoms with Crippen molar-refractivity contribution in [3.63, 3.8) is 0 Å². The molecule has 1 N–H and O–H groups in total. The van der Waals surface area contributed by atoms with E-state index >= 15 is 0 Å². The summed E-state index contributed by atoms with van der Waals surface area (Å²) in [5.41, 5.74) is 1.72. The Morgan fingerprint density at radius 3 is 2.80 bits per heavy atom. The van der Waals surface area contributed by atoms with E-state index in [9.17, 15) is 14.7 Å². The van der Waals surface area contributed by atoms with Crippen LogP contribution in [0.2, 0.25) is 0 Å². The molecule has 2 aliphatic rings. The maximum Gasteiger partial charge on any atom is 0.326 e. The number of fused-ring (bicyclic) bond motifs is 1. The Labute approximate surface area is 121 Å². The highest BCUT2D eigenvalue weighted by Gasteiger charge is 2.57. The first-order valence-electron chi connectivity index (χ1n) is 6.42. The summed E-state index contributed by atoms with van der Waals surface area (Å²) in [6.07, 6.45) is 0.451. The van der Waals surface area contributed by atoms with Crippen LogP contribution in [0.25, 0.3) is 0 Å². The van der Waals surface area contributed by atoms with E-state index in [1.165, 1.54) is 11.8 Å². The largest absolute Gasteiger partial charge is 0.480 e. The summed E-state index contributed by atoms with van der Waals surface area (Å²) < 4.78 is -1.04. The fraction of sp³-hybridized carbons (Fsp3) is 0.429. The van der Waals surface area contributed by atoms with E-state index in [1.54, 1.807) is 4.90 Å². The van der Waals surface area contributed by atoms with Crippen molar-refractivity contribution >= 4 is 29.3 Å². The van der Waals surface area contributed by atoms with E-state index in [0.717, 1.165) is 11.3 Å². The number of hydrogen-bond acceptors (Lipinski definition) is 4. The van der Waals surface area contributed by atoms with Gasteiger partial charge in [0, 0.05) is 19.8 Å². The number of thioether (sulfide) groups is 1. The van der Waals surface area contributed by atoms with Gasteiger partial charge in [0.15, 0.2) is 4.75 Å². The van der Waals surface area contributed by atoms with E-state index in [4.69, 9.17) is 0 Å². The van der Waals surface area contributed by atoms with Crippen molar-refractivity contribution in [2.75, 3.05) is 25.5 Å². The van der Waals surface area contributed by atoms with E-state index < -0.39 is 10.7 Å². The molecular weight excluding hydrogens is 276 g/mol. The Morgan fingerprint density at radius 1 is 1.50 bits per heavy atom. The molecule has 0 radical (unpaired) electrons. The fourth-order valence-corrected chi connectivity index (χ4v) is 4.25. The summed E-state index contributed by atoms with van der Waals surface area (Å²) in [5, 5.41) is 9.74. The van der Waals surface area contributed by atoms with Crippen molar-refractivity contribution in [2.24, 2.45) is 0 Å². The van der Waals surface area contributed by atoms with Gasteiger partial charge in [-0.25, -0.2) is 0 Å². The molecular formula is C14H16N2O3S. The van der Waals surface area contributed by atoms with Gasteiger partial charge in [0.1, 0.15) is 0 Å². The van der Waals surface area contributed by atoms with Gasteiger partial charge >= 0.3 is 5.97 Å². The number of carbonyl (C=O) groups excluding carboxylic acids is 1. The number of rotatable bonds is 3. The van der Waals surface area contributed by atoms with Crippen LogP contribution in [0.3, 0.4) is 0 Å². The normalized spacial score (nSPS) is 28.0. The second kappa shape index (κ2) is 4.41. The number of carboxylic acids is 1. The molecule has 1 aromatic carbocycles. The van der Waals surface area contributed by atoms with Gasteiger partial charge in [0.25, 0.3) is 0 Å². The fourth-order valence-electron chi connectivity index (χ4n) is 2.67. The molecule has 106 valence electrons. The lowest BCUT2D eigenvalue weighted by atomic mass is 9.96. The highest BCUT2D eigenvalue weighted by Crippen LogP contribution is 2.52. The third kappa shape index (κ3) is 1.78. The highest BCUT2D eigenvalue weighted by molar-refractivity contribution is 8.01. The highest BCUT2D eigenvalue weighted by atomic mass is 32.2. The van der Waals surface area contributed by atoms with E-state index in [2.05, 4.69) is 0 Å². The Kier molecular flexibility index (Phi) is 2.93. The quantitative estimate of drug-likeness (QED) is 0.852. The molecule has 3 rings (SSSR count). The Hall–Kier alpha value is -1.69. The minimum Gasteiger partial charge on any atom is -0.480 e. The maximum atomic E-state index is 11.9. The monoisotopic (exact) mass is 292 g/mol. The lowest BCUT2D eigenvalue weighted by Crippen LogP contribution is -2.48. The van der Waals surface area contributed by atoms with Crippen molar-refractivity contribution in [3.05, 3.63) is 29.8 Å². The lowest BCUT2D eigenvalue weighted by Gasteiger charge is -2.32. The SMILES string of the molecule is CN(C)c1cccc(C2(C(=O)O)CN3C(=O)C[C@H]3S2)c1. The molecule has 1 amide bonds. The first-order valence-corrected chi connectivity index (χ1v) is 7.30. The molecule has 2 aliphatic heterocycles. The van der Waals surface area contributed by atoms with Crippen LogP contribution in [0.4, 0.5) is 5.69 Å². The van der Waals surface area contributed by atoms with Crippen LogP contribution in [0.15, 0.2) is 24.3 Å². The Morgan fingerprint density at radius 2 is 2.25 bits per heavy atom. The average Bonchev–Trinajstić information content (AvgIpc) is 2.73. The second-order valence-corrected chi connectivity index (χ2v) is 6.85. The first-order chi connectivity index (χ1) is 9.44. The summed E-state index contributed by atoms with van der Waals surface area (Å²) in [7, 11) is 3.84. The van der Waals surface area contributed by atoms with Crippen LogP contribution in [0.1, 0.15) is 12.0 Å². The molecule has 0 aliphatic carbocycles. The zero-order valence-electron chi connectivity index (χ0n) is 11.4. The molecule has 2 heterocycles. The second-order valence-electron chi connectivity index (χ2n) is 5.38. The Balaban J connectivity index is 2.02. The molecule has 20 heavy (non-hydrogen) atoms. The van der Waals surface area contributed by atoms with Crippen LogP contribution in [0, 0.1) is 0 Å². The van der Waals surface area contributed by atoms with E-state index in [0.29, 0.717) is 6.42 Å². The summed E-state index contributed by atoms with van der Waals surface area (Å²) >= 11 is 1.38. The molecule has 0 aromatic heterocycles. The van der Waals surface area contributed by atoms with Gasteiger partial charge in [-0.3, -0.25) is 9.59 Å². The van der Waals surface area contributed by atoms with Gasteiger partial charge in [-0.2, -0.15) is 0 Å². The number of anilines is 1. The van der Waals surface area contributed by atoms with Crippen molar-refractivity contribution in [1.82, 2.24) is 4.90 Å². The van der Waals surface area contributed by atoms with Crippen molar-refractivity contribution in [2.45, 2.75) is 16.5 Å². The van der Waals surface area contributed by atoms with Gasteiger partial charge in [-0.15, -0.1) is 11.8 Å². The van der Waals surface area contributed by atoms with Crippen LogP contribution < -0.4 is 4.90 Å². The predicted octanol–water partition coefficient (Wildman–Crippen LogP) is 1.34. The van der Waals surface area contributed by atoms with Crippen LogP contribution in [-0.2, 0) is 14.3 Å². The third-order valence-corrected chi connectivity index (χ3v) is 5.56. The van der Waals surface area contributed by atoms with E-state index in [-0.39, 0.29) is 17.8 Å². The number of amides is 1. The lowest BCUT2D eigenvalue weighted by molar-refractivity contribution is -0.144. The van der Waals surface area contributed by atoms with E-state index in [1.807, 2.05) is 43.3 Å². The summed E-state index contributed by atoms with van der Waals surface area (Å²) in [6, 6.07) is 7.55. The summed E-state index contributed by atoms with van der Waals surface area (Å²) in [4.78, 5) is 27.0. The van der Waals surface area contributed by atoms with Crippen molar-refractivity contribution in [1.29, 1.82) is 0 Å². The number of β-lactam (4-membered cyclic amide) rings is 1. The van der Waals surface area contributed by atoms with Crippen LogP contribution in [0.5, 0.6) is 0 Å². The predicted molar refractivity (Wildman–Crippen MR) is 77.8 cm³/mol. The molecule has 2 fully saturated rings. The smallest absolute Gasteiger partial charge is 0.326 e. The van der Waals surface area contributed by atoms with Crippen LogP contribution in [-0.4, -0.2) is 47.9 Å². The molecule has 1 unspecified atom stereocenters. The topological polar surface area (TPSA) is 60.9 Å². The average molecular weight is 292 g/mol. The molecule has 2 atom stereocenters. The minimum atomic E-state index is -1.04. The van der Waals surface area contributed by atoms with Gasteiger partial charge in [-0.05, 0) is 17.7 Å². The molecule has 1 aromatic rings. The maximum absolute atomic E-state index is 11.9. The molecule has 5 nitrogen and oxygen atoms in total.